The molecule has 1 aromatic rings. The lowest BCUT2D eigenvalue weighted by molar-refractivity contribution is 0.0403. The summed E-state index contributed by atoms with van der Waals surface area (Å²) in [6.45, 7) is 0.408. The molecule has 1 aliphatic rings. The van der Waals surface area contributed by atoms with Crippen molar-refractivity contribution in [1.29, 1.82) is 0 Å². The molecule has 86 valence electrons. The maximum absolute atomic E-state index is 12.9. The normalized spacial score (nSPS) is 24.6. The Hall–Kier alpha value is -1.33. The molecule has 2 N–H and O–H groups in total. The molecule has 0 saturated carbocycles. The van der Waals surface area contributed by atoms with Crippen LogP contribution in [0.25, 0.3) is 0 Å². The number of nitrogens with zero attached hydrogens (tertiary/aromatic N) is 1. The van der Waals surface area contributed by atoms with Gasteiger partial charge in [-0.25, -0.2) is 4.39 Å². The molecule has 0 bridgehead atoms. The Morgan fingerprint density at radius 2 is 2.38 bits per heavy atom. The van der Waals surface area contributed by atoms with Crippen molar-refractivity contribution in [3.8, 4) is 0 Å². The van der Waals surface area contributed by atoms with Crippen LogP contribution in [0.3, 0.4) is 0 Å². The Labute approximate surface area is 92.6 Å². The van der Waals surface area contributed by atoms with Crippen LogP contribution in [0.2, 0.25) is 0 Å². The molecule has 16 heavy (non-hydrogen) atoms. The Bertz CT molecular complexity index is 397. The predicted octanol–water partition coefficient (Wildman–Crippen LogP) is 0.910. The van der Waals surface area contributed by atoms with E-state index in [1.165, 1.54) is 12.3 Å². The van der Waals surface area contributed by atoms with Crippen molar-refractivity contribution in [2.75, 3.05) is 6.54 Å². The smallest absolute Gasteiger partial charge is 0.193 e. The first-order valence-corrected chi connectivity index (χ1v) is 5.21. The van der Waals surface area contributed by atoms with E-state index in [2.05, 4.69) is 4.98 Å². The van der Waals surface area contributed by atoms with Crippen molar-refractivity contribution < 1.29 is 13.9 Å². The molecule has 5 heteroatoms. The Balaban J connectivity index is 2.08. The fourth-order valence-electron chi connectivity index (χ4n) is 1.80. The summed E-state index contributed by atoms with van der Waals surface area (Å²) in [5.74, 6) is -0.734. The summed E-state index contributed by atoms with van der Waals surface area (Å²) in [5, 5.41) is 0. The van der Waals surface area contributed by atoms with Gasteiger partial charge in [-0.3, -0.25) is 9.78 Å². The number of pyridine rings is 1. The summed E-state index contributed by atoms with van der Waals surface area (Å²) in [4.78, 5) is 15.5. The highest BCUT2D eigenvalue weighted by molar-refractivity contribution is 5.99. The second-order valence-electron chi connectivity index (χ2n) is 3.82. The van der Waals surface area contributed by atoms with Gasteiger partial charge in [0.1, 0.15) is 11.9 Å². The molecule has 0 spiro atoms. The summed E-state index contributed by atoms with van der Waals surface area (Å²) in [6.07, 6.45) is 3.26. The number of halogens is 1. The lowest BCUT2D eigenvalue weighted by Crippen LogP contribution is -2.25. The number of aromatic nitrogens is 1. The molecule has 1 aliphatic heterocycles. The minimum absolute atomic E-state index is 0.0598. The summed E-state index contributed by atoms with van der Waals surface area (Å²) in [6, 6.07) is 1.18. The fraction of sp³-hybridized carbons (Fsp3) is 0.455. The zero-order chi connectivity index (χ0) is 11.5. The number of ketones is 1. The quantitative estimate of drug-likeness (QED) is 0.775. The second kappa shape index (κ2) is 4.67. The number of Topliss-reactive ketones (excluding diaryl/α,β-unsaturated/α-hetero) is 1. The average molecular weight is 224 g/mol. The number of hydrogen-bond donors (Lipinski definition) is 1. The molecule has 1 aromatic heterocycles. The van der Waals surface area contributed by atoms with Crippen LogP contribution in [0.5, 0.6) is 0 Å². The molecular weight excluding hydrogens is 211 g/mol. The summed E-state index contributed by atoms with van der Waals surface area (Å²) in [5.41, 5.74) is 5.70. The highest BCUT2D eigenvalue weighted by Gasteiger charge is 2.30. The maximum Gasteiger partial charge on any atom is 0.193 e. The molecule has 1 saturated heterocycles. The lowest BCUT2D eigenvalue weighted by atomic mass is 10.1. The van der Waals surface area contributed by atoms with Gasteiger partial charge in [-0.1, -0.05) is 0 Å². The first kappa shape index (κ1) is 11.2. The molecule has 2 atom stereocenters. The van der Waals surface area contributed by atoms with Crippen molar-refractivity contribution in [1.82, 2.24) is 4.98 Å². The van der Waals surface area contributed by atoms with Gasteiger partial charge >= 0.3 is 0 Å². The first-order valence-electron chi connectivity index (χ1n) is 5.21. The van der Waals surface area contributed by atoms with Gasteiger partial charge in [-0.15, -0.1) is 0 Å². The molecular formula is C11H13FN2O2. The van der Waals surface area contributed by atoms with E-state index in [9.17, 15) is 9.18 Å². The van der Waals surface area contributed by atoms with Gasteiger partial charge in [0.2, 0.25) is 0 Å². The third-order valence-corrected chi connectivity index (χ3v) is 2.65. The summed E-state index contributed by atoms with van der Waals surface area (Å²) < 4.78 is 18.3. The highest BCUT2D eigenvalue weighted by Crippen LogP contribution is 2.22. The molecule has 2 rings (SSSR count). The van der Waals surface area contributed by atoms with Gasteiger partial charge in [-0.05, 0) is 18.9 Å². The zero-order valence-electron chi connectivity index (χ0n) is 8.73. The van der Waals surface area contributed by atoms with E-state index in [0.29, 0.717) is 13.0 Å². The van der Waals surface area contributed by atoms with Crippen LogP contribution in [0.4, 0.5) is 4.39 Å². The van der Waals surface area contributed by atoms with E-state index in [1.807, 2.05) is 0 Å². The minimum atomic E-state index is -0.515. The van der Waals surface area contributed by atoms with Crippen molar-refractivity contribution in [2.45, 2.75) is 25.0 Å². The topological polar surface area (TPSA) is 65.2 Å². The van der Waals surface area contributed by atoms with Crippen LogP contribution in [0, 0.1) is 5.82 Å². The van der Waals surface area contributed by atoms with Gasteiger partial charge in [0.05, 0.1) is 12.3 Å². The molecule has 0 amide bonds. The molecule has 2 heterocycles. The monoisotopic (exact) mass is 224 g/mol. The number of carbonyl (C=O) groups excluding carboxylic acids is 1. The highest BCUT2D eigenvalue weighted by atomic mass is 19.1. The van der Waals surface area contributed by atoms with Crippen molar-refractivity contribution in [3.63, 3.8) is 0 Å². The SMILES string of the molecule is NCC1CCC(C(=O)c2cncc(F)c2)O1. The standard InChI is InChI=1S/C11H13FN2O2/c12-8-3-7(5-14-6-8)11(15)10-2-1-9(4-13)16-10/h3,5-6,9-10H,1-2,4,13H2. The zero-order valence-corrected chi connectivity index (χ0v) is 8.73. The molecule has 0 aromatic carbocycles. The van der Waals surface area contributed by atoms with Crippen LogP contribution < -0.4 is 5.73 Å². The van der Waals surface area contributed by atoms with Gasteiger partial charge < -0.3 is 10.5 Å². The molecule has 0 radical (unpaired) electrons. The average Bonchev–Trinajstić information content (AvgIpc) is 2.76. The minimum Gasteiger partial charge on any atom is -0.366 e. The van der Waals surface area contributed by atoms with Gasteiger partial charge in [0.25, 0.3) is 0 Å². The predicted molar refractivity (Wildman–Crippen MR) is 55.5 cm³/mol. The van der Waals surface area contributed by atoms with E-state index >= 15 is 0 Å². The van der Waals surface area contributed by atoms with E-state index in [-0.39, 0.29) is 17.5 Å². The molecule has 0 aliphatic carbocycles. The summed E-state index contributed by atoms with van der Waals surface area (Å²) in [7, 11) is 0. The van der Waals surface area contributed by atoms with Gasteiger partial charge in [0, 0.05) is 18.3 Å². The number of carbonyl (C=O) groups is 1. The Morgan fingerprint density at radius 1 is 1.56 bits per heavy atom. The first-order chi connectivity index (χ1) is 7.70. The molecule has 2 unspecified atom stereocenters. The Morgan fingerprint density at radius 3 is 3.00 bits per heavy atom. The molecule has 4 nitrogen and oxygen atoms in total. The number of ether oxygens (including phenoxy) is 1. The van der Waals surface area contributed by atoms with Crippen LogP contribution in [0.1, 0.15) is 23.2 Å². The van der Waals surface area contributed by atoms with Crippen molar-refractivity contribution in [2.24, 2.45) is 5.73 Å². The van der Waals surface area contributed by atoms with E-state index in [4.69, 9.17) is 10.5 Å². The fourth-order valence-corrected chi connectivity index (χ4v) is 1.80. The number of nitrogens with two attached hydrogens (primary N) is 1. The van der Waals surface area contributed by atoms with Crippen LogP contribution in [-0.2, 0) is 4.74 Å². The van der Waals surface area contributed by atoms with Crippen LogP contribution in [0.15, 0.2) is 18.5 Å². The third-order valence-electron chi connectivity index (χ3n) is 2.65. The summed E-state index contributed by atoms with van der Waals surface area (Å²) >= 11 is 0. The van der Waals surface area contributed by atoms with Crippen molar-refractivity contribution >= 4 is 5.78 Å². The maximum atomic E-state index is 12.9. The van der Waals surface area contributed by atoms with E-state index in [0.717, 1.165) is 12.6 Å². The molecule has 1 fully saturated rings. The number of hydrogen-bond acceptors (Lipinski definition) is 4. The van der Waals surface area contributed by atoms with Gasteiger partial charge in [-0.2, -0.15) is 0 Å². The van der Waals surface area contributed by atoms with Crippen LogP contribution >= 0.6 is 0 Å². The van der Waals surface area contributed by atoms with Crippen LogP contribution in [-0.4, -0.2) is 29.5 Å². The third kappa shape index (κ3) is 2.25. The number of rotatable bonds is 3. The lowest BCUT2D eigenvalue weighted by Gasteiger charge is -2.10. The Kier molecular flexibility index (Phi) is 3.26. The second-order valence-corrected chi connectivity index (χ2v) is 3.82. The van der Waals surface area contributed by atoms with Gasteiger partial charge in [0.15, 0.2) is 5.78 Å². The van der Waals surface area contributed by atoms with Crippen molar-refractivity contribution in [3.05, 3.63) is 29.8 Å². The van der Waals surface area contributed by atoms with E-state index < -0.39 is 11.9 Å². The largest absolute Gasteiger partial charge is 0.366 e. The van der Waals surface area contributed by atoms with E-state index in [1.54, 1.807) is 0 Å².